The second-order valence-corrected chi connectivity index (χ2v) is 3.05. The molecular weight excluding hydrogens is 174 g/mol. The van der Waals surface area contributed by atoms with Crippen molar-refractivity contribution in [3.63, 3.8) is 0 Å². The van der Waals surface area contributed by atoms with Crippen molar-refractivity contribution in [2.24, 2.45) is 0 Å². The summed E-state index contributed by atoms with van der Waals surface area (Å²) in [5, 5.41) is 1.02. The third-order valence-electron chi connectivity index (χ3n) is 2.14. The summed E-state index contributed by atoms with van der Waals surface area (Å²) in [5.74, 6) is 0. The molecule has 1 aromatic carbocycles. The Hall–Kier alpha value is -1.83. The maximum absolute atomic E-state index is 11.5. The molecular formula is C12H10NO. The van der Waals surface area contributed by atoms with E-state index in [1.807, 2.05) is 24.3 Å². The van der Waals surface area contributed by atoms with Crippen LogP contribution in [0.2, 0.25) is 0 Å². The summed E-state index contributed by atoms with van der Waals surface area (Å²) < 4.78 is 1.66. The van der Waals surface area contributed by atoms with E-state index in [2.05, 4.69) is 12.6 Å². The number of allylic oxidation sites excluding steroid dienone is 1. The molecule has 0 N–H and O–H groups in total. The number of aromatic nitrogens is 1. The molecule has 69 valence electrons. The molecule has 2 rings (SSSR count). The third-order valence-corrected chi connectivity index (χ3v) is 2.14. The van der Waals surface area contributed by atoms with Gasteiger partial charge in [0.2, 0.25) is 0 Å². The van der Waals surface area contributed by atoms with Gasteiger partial charge in [-0.2, -0.15) is 0 Å². The highest BCUT2D eigenvalue weighted by atomic mass is 16.1. The van der Waals surface area contributed by atoms with Gasteiger partial charge < -0.3 is 4.57 Å². The van der Waals surface area contributed by atoms with E-state index in [0.29, 0.717) is 6.54 Å². The Morgan fingerprint density at radius 2 is 2.21 bits per heavy atom. The van der Waals surface area contributed by atoms with E-state index in [1.165, 1.54) is 0 Å². The van der Waals surface area contributed by atoms with Crippen LogP contribution < -0.4 is 5.56 Å². The van der Waals surface area contributed by atoms with Crippen LogP contribution in [0.15, 0.2) is 47.8 Å². The Morgan fingerprint density at radius 3 is 3.00 bits per heavy atom. The number of fused-ring (bicyclic) bond motifs is 1. The predicted octanol–water partition coefficient (Wildman–Crippen LogP) is 1.99. The molecule has 0 aliphatic heterocycles. The Kier molecular flexibility index (Phi) is 2.19. The van der Waals surface area contributed by atoms with Gasteiger partial charge >= 0.3 is 0 Å². The molecule has 0 bridgehead atoms. The number of hydrogen-bond acceptors (Lipinski definition) is 1. The van der Waals surface area contributed by atoms with Gasteiger partial charge in [-0.25, -0.2) is 0 Å². The summed E-state index contributed by atoms with van der Waals surface area (Å²) in [7, 11) is 0. The molecule has 0 aliphatic carbocycles. The number of nitrogens with zero attached hydrogens (tertiary/aromatic N) is 1. The van der Waals surface area contributed by atoms with Gasteiger partial charge in [0.25, 0.3) is 5.56 Å². The van der Waals surface area contributed by atoms with Crippen molar-refractivity contribution < 1.29 is 0 Å². The maximum atomic E-state index is 11.5. The third kappa shape index (κ3) is 1.35. The number of rotatable bonds is 2. The van der Waals surface area contributed by atoms with Gasteiger partial charge in [-0.3, -0.25) is 4.79 Å². The molecule has 0 saturated carbocycles. The van der Waals surface area contributed by atoms with E-state index in [1.54, 1.807) is 16.7 Å². The first-order valence-electron chi connectivity index (χ1n) is 4.44. The second kappa shape index (κ2) is 3.50. The molecule has 2 aromatic rings. The van der Waals surface area contributed by atoms with Gasteiger partial charge in [-0.1, -0.05) is 24.3 Å². The molecule has 1 heterocycles. The van der Waals surface area contributed by atoms with Crippen molar-refractivity contribution in [2.45, 2.75) is 6.54 Å². The first-order chi connectivity index (χ1) is 6.83. The highest BCUT2D eigenvalue weighted by Crippen LogP contribution is 2.10. The van der Waals surface area contributed by atoms with Gasteiger partial charge in [0.15, 0.2) is 0 Å². The topological polar surface area (TPSA) is 22.0 Å². The Bertz CT molecular complexity index is 525. The van der Waals surface area contributed by atoms with Crippen LogP contribution in [0, 0.1) is 6.07 Å². The molecule has 0 spiro atoms. The number of pyridine rings is 1. The van der Waals surface area contributed by atoms with Crippen LogP contribution in [0.5, 0.6) is 0 Å². The van der Waals surface area contributed by atoms with Crippen LogP contribution in [-0.4, -0.2) is 4.57 Å². The van der Waals surface area contributed by atoms with Crippen molar-refractivity contribution >= 4 is 10.9 Å². The summed E-state index contributed by atoms with van der Waals surface area (Å²) in [6.45, 7) is 4.15. The zero-order chi connectivity index (χ0) is 9.97. The summed E-state index contributed by atoms with van der Waals surface area (Å²) in [4.78, 5) is 11.5. The van der Waals surface area contributed by atoms with E-state index < -0.39 is 0 Å². The van der Waals surface area contributed by atoms with Crippen LogP contribution >= 0.6 is 0 Å². The van der Waals surface area contributed by atoms with Crippen LogP contribution in [0.25, 0.3) is 10.9 Å². The second-order valence-electron chi connectivity index (χ2n) is 3.05. The van der Waals surface area contributed by atoms with E-state index in [-0.39, 0.29) is 5.56 Å². The van der Waals surface area contributed by atoms with E-state index in [4.69, 9.17) is 0 Å². The highest BCUT2D eigenvalue weighted by Gasteiger charge is 1.99. The lowest BCUT2D eigenvalue weighted by molar-refractivity contribution is 0.817. The van der Waals surface area contributed by atoms with Crippen LogP contribution in [0.1, 0.15) is 0 Å². The van der Waals surface area contributed by atoms with Crippen LogP contribution in [-0.2, 0) is 6.54 Å². The zero-order valence-corrected chi connectivity index (χ0v) is 7.73. The molecule has 0 amide bonds. The smallest absolute Gasteiger partial charge is 0.259 e. The summed E-state index contributed by atoms with van der Waals surface area (Å²) >= 11 is 0. The lowest BCUT2D eigenvalue weighted by Crippen LogP contribution is -2.18. The minimum atomic E-state index is -0.108. The van der Waals surface area contributed by atoms with Gasteiger partial charge in [0.05, 0.1) is 11.6 Å². The Labute approximate surface area is 82.1 Å². The van der Waals surface area contributed by atoms with Crippen molar-refractivity contribution in [1.82, 2.24) is 4.57 Å². The minimum absolute atomic E-state index is 0.108. The molecule has 14 heavy (non-hydrogen) atoms. The zero-order valence-electron chi connectivity index (χ0n) is 7.73. The number of benzene rings is 1. The fourth-order valence-corrected chi connectivity index (χ4v) is 1.49. The van der Waals surface area contributed by atoms with Gasteiger partial charge in [0.1, 0.15) is 0 Å². The molecule has 1 aromatic heterocycles. The minimum Gasteiger partial charge on any atom is -0.304 e. The fraction of sp³-hybridized carbons (Fsp3) is 0.0833. The predicted molar refractivity (Wildman–Crippen MR) is 57.2 cm³/mol. The fourth-order valence-electron chi connectivity index (χ4n) is 1.49. The normalized spacial score (nSPS) is 10.3. The van der Waals surface area contributed by atoms with E-state index >= 15 is 0 Å². The molecule has 1 radical (unpaired) electrons. The van der Waals surface area contributed by atoms with Crippen molar-refractivity contribution in [1.29, 1.82) is 0 Å². The molecule has 0 unspecified atom stereocenters. The number of para-hydroxylation sites is 1. The number of hydrogen-bond donors (Lipinski definition) is 0. The van der Waals surface area contributed by atoms with E-state index in [0.717, 1.165) is 10.9 Å². The SMILES string of the molecule is C=CCn1c(=O)[c]cc2ccccc21. The highest BCUT2D eigenvalue weighted by molar-refractivity contribution is 5.78. The average Bonchev–Trinajstić information content (AvgIpc) is 2.23. The molecule has 2 heteroatoms. The average molecular weight is 184 g/mol. The van der Waals surface area contributed by atoms with Gasteiger partial charge in [0, 0.05) is 6.54 Å². The first-order valence-corrected chi connectivity index (χ1v) is 4.44. The van der Waals surface area contributed by atoms with Crippen LogP contribution in [0.3, 0.4) is 0 Å². The molecule has 0 atom stereocenters. The Balaban J connectivity index is 2.82. The maximum Gasteiger partial charge on any atom is 0.259 e. The monoisotopic (exact) mass is 184 g/mol. The summed E-state index contributed by atoms with van der Waals surface area (Å²) in [5.41, 5.74) is 0.819. The largest absolute Gasteiger partial charge is 0.304 e. The lowest BCUT2D eigenvalue weighted by Gasteiger charge is -2.06. The molecule has 0 fully saturated rings. The quantitative estimate of drug-likeness (QED) is 0.654. The lowest BCUT2D eigenvalue weighted by atomic mass is 10.2. The van der Waals surface area contributed by atoms with Gasteiger partial charge in [-0.15, -0.1) is 6.58 Å². The molecule has 0 aliphatic rings. The Morgan fingerprint density at radius 1 is 1.43 bits per heavy atom. The first kappa shape index (κ1) is 8.75. The van der Waals surface area contributed by atoms with Crippen molar-refractivity contribution in [2.75, 3.05) is 0 Å². The standard InChI is InChI=1S/C12H10NO/c1-2-9-13-11-6-4-3-5-10(11)7-8-12(13)14/h2-7H,1,9H2. The van der Waals surface area contributed by atoms with Crippen molar-refractivity contribution in [3.05, 3.63) is 59.4 Å². The molecule has 0 saturated heterocycles. The van der Waals surface area contributed by atoms with Crippen molar-refractivity contribution in [3.8, 4) is 0 Å². The van der Waals surface area contributed by atoms with Gasteiger partial charge in [-0.05, 0) is 17.5 Å². The van der Waals surface area contributed by atoms with Crippen LogP contribution in [0.4, 0.5) is 0 Å². The summed E-state index contributed by atoms with van der Waals surface area (Å²) in [6, 6.07) is 12.2. The van der Waals surface area contributed by atoms with E-state index in [9.17, 15) is 4.79 Å². The summed E-state index contributed by atoms with van der Waals surface area (Å²) in [6.07, 6.45) is 1.71. The molecule has 2 nitrogen and oxygen atoms in total.